The first-order valence-electron chi connectivity index (χ1n) is 14.0. The SMILES string of the molecule is C=C[C@H](C[C@H](C[C@H](C[C@H](CCc1ccccc1)[Si](C)(C)OC)[Si](C)(C)OC)[Si](C)(C)OC)[Si](C)(C)OC. The molecule has 1 rings (SSSR count). The average molecular weight is 583 g/mol. The van der Waals surface area contributed by atoms with E-state index in [1.54, 1.807) is 0 Å². The topological polar surface area (TPSA) is 36.9 Å². The first-order chi connectivity index (χ1) is 17.1. The van der Waals surface area contributed by atoms with Crippen molar-refractivity contribution in [2.45, 2.75) is 107 Å². The molecule has 0 saturated carbocycles. The molecule has 0 unspecified atom stereocenters. The molecular formula is C29H58O4Si4. The van der Waals surface area contributed by atoms with Crippen LogP contribution in [0.4, 0.5) is 0 Å². The normalized spacial score (nSPS) is 16.8. The fourth-order valence-corrected chi connectivity index (χ4v) is 13.9. The van der Waals surface area contributed by atoms with Gasteiger partial charge >= 0.3 is 0 Å². The second-order valence-corrected chi connectivity index (χ2v) is 30.5. The van der Waals surface area contributed by atoms with Crippen molar-refractivity contribution in [3.05, 3.63) is 48.6 Å². The highest BCUT2D eigenvalue weighted by atomic mass is 28.4. The lowest BCUT2D eigenvalue weighted by Gasteiger charge is -2.43. The summed E-state index contributed by atoms with van der Waals surface area (Å²) in [6.45, 7) is 23.2. The maximum Gasteiger partial charge on any atom is 0.192 e. The van der Waals surface area contributed by atoms with Crippen molar-refractivity contribution >= 4 is 33.3 Å². The summed E-state index contributed by atoms with van der Waals surface area (Å²) in [5.74, 6) is 0. The molecule has 0 aliphatic heterocycles. The number of benzene rings is 1. The fraction of sp³-hybridized carbons (Fsp3) is 0.724. The van der Waals surface area contributed by atoms with Crippen LogP contribution in [0.15, 0.2) is 43.0 Å². The van der Waals surface area contributed by atoms with Crippen molar-refractivity contribution in [1.29, 1.82) is 0 Å². The average Bonchev–Trinajstić information content (AvgIpc) is 2.87. The fourth-order valence-electron chi connectivity index (χ4n) is 5.37. The quantitative estimate of drug-likeness (QED) is 0.128. The third kappa shape index (κ3) is 10.3. The molecule has 4 nitrogen and oxygen atoms in total. The van der Waals surface area contributed by atoms with Gasteiger partial charge in [0.1, 0.15) is 0 Å². The van der Waals surface area contributed by atoms with Crippen LogP contribution in [-0.4, -0.2) is 61.7 Å². The van der Waals surface area contributed by atoms with E-state index in [1.165, 1.54) is 12.0 Å². The van der Waals surface area contributed by atoms with Gasteiger partial charge in [0.2, 0.25) is 0 Å². The van der Waals surface area contributed by atoms with Crippen LogP contribution in [0, 0.1) is 0 Å². The molecule has 1 aromatic rings. The molecule has 0 spiro atoms. The summed E-state index contributed by atoms with van der Waals surface area (Å²) in [5, 5.41) is 0. The van der Waals surface area contributed by atoms with Crippen molar-refractivity contribution in [1.82, 2.24) is 0 Å². The van der Waals surface area contributed by atoms with Crippen LogP contribution in [0.5, 0.6) is 0 Å². The number of rotatable bonds is 18. The van der Waals surface area contributed by atoms with Gasteiger partial charge in [-0.25, -0.2) is 0 Å². The van der Waals surface area contributed by atoms with Crippen molar-refractivity contribution in [3.63, 3.8) is 0 Å². The van der Waals surface area contributed by atoms with Gasteiger partial charge in [0.05, 0.1) is 0 Å². The van der Waals surface area contributed by atoms with E-state index in [1.807, 2.05) is 28.4 Å². The Bertz CT molecular complexity index is 798. The number of aryl methyl sites for hydroxylation is 1. The van der Waals surface area contributed by atoms with Gasteiger partial charge in [0.15, 0.2) is 33.3 Å². The smallest absolute Gasteiger partial charge is 0.192 e. The van der Waals surface area contributed by atoms with E-state index in [0.717, 1.165) is 25.7 Å². The van der Waals surface area contributed by atoms with Crippen molar-refractivity contribution < 1.29 is 17.7 Å². The molecule has 0 aliphatic rings. The molecule has 0 amide bonds. The molecule has 0 saturated heterocycles. The summed E-state index contributed by atoms with van der Waals surface area (Å²) in [6, 6.07) is 10.9. The zero-order valence-electron chi connectivity index (χ0n) is 26.1. The third-order valence-electron chi connectivity index (χ3n) is 9.53. The first-order valence-corrected chi connectivity index (χ1v) is 25.9. The van der Waals surface area contributed by atoms with Crippen LogP contribution in [0.25, 0.3) is 0 Å². The molecule has 37 heavy (non-hydrogen) atoms. The minimum absolute atomic E-state index is 0.399. The molecule has 1 aromatic carbocycles. The lowest BCUT2D eigenvalue weighted by Crippen LogP contribution is -2.45. The van der Waals surface area contributed by atoms with Gasteiger partial charge in [-0.15, -0.1) is 6.58 Å². The highest BCUT2D eigenvalue weighted by Gasteiger charge is 2.45. The number of hydrogen-bond donors (Lipinski definition) is 0. The van der Waals surface area contributed by atoms with Crippen LogP contribution in [0.2, 0.25) is 74.5 Å². The van der Waals surface area contributed by atoms with E-state index in [9.17, 15) is 0 Å². The molecule has 0 aromatic heterocycles. The highest BCUT2D eigenvalue weighted by molar-refractivity contribution is 6.76. The van der Waals surface area contributed by atoms with E-state index in [0.29, 0.717) is 22.2 Å². The lowest BCUT2D eigenvalue weighted by atomic mass is 10.0. The Labute approximate surface area is 234 Å². The number of allylic oxidation sites excluding steroid dienone is 1. The Hall–Kier alpha value is -0.332. The van der Waals surface area contributed by atoms with Crippen LogP contribution in [0.3, 0.4) is 0 Å². The van der Waals surface area contributed by atoms with Crippen LogP contribution in [-0.2, 0) is 24.1 Å². The van der Waals surface area contributed by atoms with Gasteiger partial charge in [0, 0.05) is 28.4 Å². The van der Waals surface area contributed by atoms with Gasteiger partial charge in [-0.2, -0.15) is 0 Å². The van der Waals surface area contributed by atoms with Crippen molar-refractivity contribution in [2.75, 3.05) is 28.4 Å². The second kappa shape index (κ2) is 14.9. The Kier molecular flexibility index (Phi) is 14.0. The maximum atomic E-state index is 6.33. The Morgan fingerprint density at radius 3 is 1.46 bits per heavy atom. The lowest BCUT2D eigenvalue weighted by molar-refractivity contribution is 0.344. The minimum atomic E-state index is -1.95. The van der Waals surface area contributed by atoms with Gasteiger partial charge < -0.3 is 17.7 Å². The highest BCUT2D eigenvalue weighted by Crippen LogP contribution is 2.49. The summed E-state index contributed by atoms with van der Waals surface area (Å²) in [5.41, 5.74) is 3.43. The molecule has 0 aliphatic carbocycles. The molecule has 0 fully saturated rings. The zero-order chi connectivity index (χ0) is 28.5. The molecule has 0 N–H and O–H groups in total. The predicted octanol–water partition coefficient (Wildman–Crippen LogP) is 8.86. The monoisotopic (exact) mass is 582 g/mol. The molecule has 8 heteroatoms. The summed E-state index contributed by atoms with van der Waals surface area (Å²) < 4.78 is 24.9. The van der Waals surface area contributed by atoms with Crippen molar-refractivity contribution in [3.8, 4) is 0 Å². The van der Waals surface area contributed by atoms with E-state index in [-0.39, 0.29) is 0 Å². The maximum absolute atomic E-state index is 6.33. The summed E-state index contributed by atoms with van der Waals surface area (Å²) in [6.07, 6.45) is 7.82. The standard InChI is InChI=1S/C29H58O4Si4/c1-14-26(34(6,7)30-2)22-28(36(10,11)32-4)24-29(37(12,13)33-5)23-27(35(8,9)31-3)21-20-25-18-16-15-17-19-25/h14-19,26-29H,1,20-24H2,2-13H3/t26-,27+,28-,29+/m1/s1. The largest absolute Gasteiger partial charge is 0.420 e. The molecule has 4 atom stereocenters. The predicted molar refractivity (Wildman–Crippen MR) is 172 cm³/mol. The van der Waals surface area contributed by atoms with Gasteiger partial charge in [-0.1, -0.05) is 36.4 Å². The Morgan fingerprint density at radius 1 is 0.622 bits per heavy atom. The second-order valence-electron chi connectivity index (χ2n) is 12.9. The van der Waals surface area contributed by atoms with Gasteiger partial charge in [0.25, 0.3) is 0 Å². The van der Waals surface area contributed by atoms with Crippen LogP contribution >= 0.6 is 0 Å². The van der Waals surface area contributed by atoms with Crippen LogP contribution in [0.1, 0.15) is 31.2 Å². The van der Waals surface area contributed by atoms with Gasteiger partial charge in [-0.05, 0) is 112 Å². The van der Waals surface area contributed by atoms with Crippen molar-refractivity contribution in [2.24, 2.45) is 0 Å². The molecular weight excluding hydrogens is 525 g/mol. The van der Waals surface area contributed by atoms with Gasteiger partial charge in [-0.3, -0.25) is 0 Å². The third-order valence-corrected chi connectivity index (χ3v) is 23.4. The Balaban J connectivity index is 3.36. The minimum Gasteiger partial charge on any atom is -0.420 e. The Morgan fingerprint density at radius 2 is 1.03 bits per heavy atom. The summed E-state index contributed by atoms with van der Waals surface area (Å²) >= 11 is 0. The molecule has 0 bridgehead atoms. The number of hydrogen-bond acceptors (Lipinski definition) is 4. The van der Waals surface area contributed by atoms with E-state index < -0.39 is 33.3 Å². The van der Waals surface area contributed by atoms with E-state index in [4.69, 9.17) is 17.7 Å². The van der Waals surface area contributed by atoms with Crippen LogP contribution < -0.4 is 0 Å². The van der Waals surface area contributed by atoms with E-state index >= 15 is 0 Å². The molecule has 0 heterocycles. The van der Waals surface area contributed by atoms with E-state index in [2.05, 4.69) is 95.4 Å². The molecule has 214 valence electrons. The zero-order valence-corrected chi connectivity index (χ0v) is 30.1. The summed E-state index contributed by atoms with van der Waals surface area (Å²) in [4.78, 5) is 0. The first kappa shape index (κ1) is 34.7. The summed E-state index contributed by atoms with van der Waals surface area (Å²) in [7, 11) is -0.00313. The molecule has 0 radical (unpaired) electrons.